The molecule has 0 aliphatic heterocycles. The Labute approximate surface area is 174 Å². The maximum absolute atomic E-state index is 12.6. The molecule has 2 amide bonds. The van der Waals surface area contributed by atoms with Crippen molar-refractivity contribution in [2.24, 2.45) is 0 Å². The van der Waals surface area contributed by atoms with E-state index in [4.69, 9.17) is 0 Å². The van der Waals surface area contributed by atoms with Crippen molar-refractivity contribution >= 4 is 17.5 Å². The molecule has 1 unspecified atom stereocenters. The molecule has 2 aromatic rings. The Morgan fingerprint density at radius 1 is 0.966 bits per heavy atom. The molecular weight excluding hydrogens is 360 g/mol. The van der Waals surface area contributed by atoms with Crippen molar-refractivity contribution in [1.82, 2.24) is 5.32 Å². The normalized spacial score (nSPS) is 14.6. The second-order valence-electron chi connectivity index (χ2n) is 8.92. The van der Waals surface area contributed by atoms with E-state index in [1.807, 2.05) is 31.2 Å². The average molecular weight is 393 g/mol. The fourth-order valence-electron chi connectivity index (χ4n) is 4.04. The number of nitrogens with one attached hydrogen (secondary N) is 2. The van der Waals surface area contributed by atoms with Gasteiger partial charge in [0.05, 0.1) is 6.04 Å². The Hall–Kier alpha value is -2.62. The zero-order valence-corrected chi connectivity index (χ0v) is 18.0. The maximum atomic E-state index is 12.6. The third-order valence-electron chi connectivity index (χ3n) is 5.68. The fraction of sp³-hybridized carbons (Fsp3) is 0.440. The van der Waals surface area contributed by atoms with Crippen LogP contribution in [0.2, 0.25) is 0 Å². The molecule has 0 radical (unpaired) electrons. The van der Waals surface area contributed by atoms with E-state index in [1.165, 1.54) is 24.0 Å². The van der Waals surface area contributed by atoms with Crippen molar-refractivity contribution in [3.63, 3.8) is 0 Å². The van der Waals surface area contributed by atoms with E-state index in [0.29, 0.717) is 5.69 Å². The van der Waals surface area contributed by atoms with Gasteiger partial charge in [0.25, 0.3) is 0 Å². The van der Waals surface area contributed by atoms with Crippen LogP contribution in [0, 0.1) is 0 Å². The van der Waals surface area contributed by atoms with Gasteiger partial charge in [0.1, 0.15) is 0 Å². The minimum atomic E-state index is -0.627. The highest BCUT2D eigenvalue weighted by molar-refractivity contribution is 6.39. The van der Waals surface area contributed by atoms with E-state index < -0.39 is 11.8 Å². The van der Waals surface area contributed by atoms with Gasteiger partial charge in [-0.2, -0.15) is 0 Å². The van der Waals surface area contributed by atoms with E-state index in [-0.39, 0.29) is 11.5 Å². The second kappa shape index (κ2) is 8.81. The first kappa shape index (κ1) is 21.1. The number of para-hydroxylation sites is 1. The van der Waals surface area contributed by atoms with Crippen molar-refractivity contribution in [1.29, 1.82) is 0 Å². The summed E-state index contributed by atoms with van der Waals surface area (Å²) in [6, 6.07) is 13.9. The maximum Gasteiger partial charge on any atom is 0.313 e. The van der Waals surface area contributed by atoms with Gasteiger partial charge in [-0.25, -0.2) is 0 Å². The molecule has 0 heterocycles. The number of amides is 2. The third kappa shape index (κ3) is 5.06. The number of hydrogen-bond acceptors (Lipinski definition) is 2. The largest absolute Gasteiger partial charge is 0.341 e. The topological polar surface area (TPSA) is 58.2 Å². The number of benzene rings is 2. The highest BCUT2D eigenvalue weighted by atomic mass is 16.2. The predicted molar refractivity (Wildman–Crippen MR) is 118 cm³/mol. The number of anilines is 1. The van der Waals surface area contributed by atoms with Crippen LogP contribution in [-0.2, 0) is 27.8 Å². The van der Waals surface area contributed by atoms with Crippen molar-refractivity contribution in [3.8, 4) is 0 Å². The number of hydrogen-bond donors (Lipinski definition) is 2. The van der Waals surface area contributed by atoms with Crippen LogP contribution >= 0.6 is 0 Å². The quantitative estimate of drug-likeness (QED) is 0.714. The van der Waals surface area contributed by atoms with Gasteiger partial charge in [0, 0.05) is 5.69 Å². The Bertz CT molecular complexity index is 896. The molecular formula is C25H32N2O2. The first-order chi connectivity index (χ1) is 13.8. The molecule has 29 heavy (non-hydrogen) atoms. The third-order valence-corrected chi connectivity index (χ3v) is 5.68. The smallest absolute Gasteiger partial charge is 0.313 e. The summed E-state index contributed by atoms with van der Waals surface area (Å²) >= 11 is 0. The molecule has 1 aliphatic rings. The van der Waals surface area contributed by atoms with Gasteiger partial charge in [0.15, 0.2) is 0 Å². The fourth-order valence-corrected chi connectivity index (χ4v) is 4.04. The Kier molecular flexibility index (Phi) is 6.41. The highest BCUT2D eigenvalue weighted by Crippen LogP contribution is 2.29. The Morgan fingerprint density at radius 2 is 1.66 bits per heavy atom. The number of carbonyl (C=O) groups is 2. The number of aryl methyl sites for hydroxylation is 2. The molecule has 2 aromatic carbocycles. The monoisotopic (exact) mass is 392 g/mol. The lowest BCUT2D eigenvalue weighted by molar-refractivity contribution is -0.136. The van der Waals surface area contributed by atoms with Gasteiger partial charge in [-0.1, -0.05) is 64.1 Å². The van der Waals surface area contributed by atoms with Crippen LogP contribution in [0.3, 0.4) is 0 Å². The molecule has 0 bridgehead atoms. The molecule has 4 nitrogen and oxygen atoms in total. The standard InChI is InChI=1S/C25H32N2O2/c1-5-21(19-15-14-17-10-6-7-11-18(17)16-19)26-23(28)24(29)27-22-13-9-8-12-20(22)25(2,3)4/h8-9,12-16,21H,5-7,10-11H2,1-4H3,(H,26,28)(H,27,29). The summed E-state index contributed by atoms with van der Waals surface area (Å²) in [5.41, 5.74) is 5.42. The van der Waals surface area contributed by atoms with Gasteiger partial charge in [0.2, 0.25) is 0 Å². The van der Waals surface area contributed by atoms with Gasteiger partial charge in [-0.05, 0) is 65.8 Å². The Morgan fingerprint density at radius 3 is 2.34 bits per heavy atom. The lowest BCUT2D eigenvalue weighted by Gasteiger charge is -2.23. The summed E-state index contributed by atoms with van der Waals surface area (Å²) in [5.74, 6) is -1.23. The first-order valence-corrected chi connectivity index (χ1v) is 10.6. The number of fused-ring (bicyclic) bond motifs is 1. The lowest BCUT2D eigenvalue weighted by Crippen LogP contribution is -2.38. The number of carbonyl (C=O) groups excluding carboxylic acids is 2. The van der Waals surface area contributed by atoms with E-state index in [0.717, 1.165) is 30.4 Å². The van der Waals surface area contributed by atoms with Crippen LogP contribution in [0.25, 0.3) is 0 Å². The van der Waals surface area contributed by atoms with Gasteiger partial charge in [-0.3, -0.25) is 9.59 Å². The SMILES string of the molecule is CCC(NC(=O)C(=O)Nc1ccccc1C(C)(C)C)c1ccc2c(c1)CCCC2. The minimum Gasteiger partial charge on any atom is -0.341 e. The molecule has 0 aromatic heterocycles. The zero-order valence-electron chi connectivity index (χ0n) is 18.0. The molecule has 0 saturated heterocycles. The predicted octanol–water partition coefficient (Wildman–Crippen LogP) is 5.07. The highest BCUT2D eigenvalue weighted by Gasteiger charge is 2.23. The molecule has 154 valence electrons. The van der Waals surface area contributed by atoms with Gasteiger partial charge in [-0.15, -0.1) is 0 Å². The summed E-state index contributed by atoms with van der Waals surface area (Å²) < 4.78 is 0. The lowest BCUT2D eigenvalue weighted by atomic mass is 9.86. The van der Waals surface area contributed by atoms with Crippen LogP contribution in [0.4, 0.5) is 5.69 Å². The molecule has 2 N–H and O–H groups in total. The molecule has 1 atom stereocenters. The van der Waals surface area contributed by atoms with Crippen molar-refractivity contribution in [2.45, 2.75) is 71.3 Å². The van der Waals surface area contributed by atoms with Crippen LogP contribution in [0.15, 0.2) is 42.5 Å². The van der Waals surface area contributed by atoms with Crippen molar-refractivity contribution in [3.05, 3.63) is 64.7 Å². The van der Waals surface area contributed by atoms with Crippen LogP contribution in [0.5, 0.6) is 0 Å². The van der Waals surface area contributed by atoms with Gasteiger partial charge >= 0.3 is 11.8 Å². The number of rotatable bonds is 4. The molecule has 4 heteroatoms. The summed E-state index contributed by atoms with van der Waals surface area (Å²) in [4.78, 5) is 25.2. The van der Waals surface area contributed by atoms with Crippen molar-refractivity contribution < 1.29 is 9.59 Å². The van der Waals surface area contributed by atoms with Crippen molar-refractivity contribution in [2.75, 3.05) is 5.32 Å². The Balaban J connectivity index is 1.71. The van der Waals surface area contributed by atoms with E-state index in [2.05, 4.69) is 49.6 Å². The average Bonchev–Trinajstić information content (AvgIpc) is 2.71. The first-order valence-electron chi connectivity index (χ1n) is 10.6. The molecule has 0 fully saturated rings. The molecule has 1 aliphatic carbocycles. The minimum absolute atomic E-state index is 0.130. The van der Waals surface area contributed by atoms with Crippen LogP contribution in [0.1, 0.15) is 75.3 Å². The zero-order chi connectivity index (χ0) is 21.0. The van der Waals surface area contributed by atoms with Gasteiger partial charge < -0.3 is 10.6 Å². The van der Waals surface area contributed by atoms with E-state index in [9.17, 15) is 9.59 Å². The summed E-state index contributed by atoms with van der Waals surface area (Å²) in [6.07, 6.45) is 5.42. The molecule has 3 rings (SSSR count). The summed E-state index contributed by atoms with van der Waals surface area (Å²) in [5, 5.41) is 5.71. The molecule has 0 spiro atoms. The summed E-state index contributed by atoms with van der Waals surface area (Å²) in [6.45, 7) is 8.28. The summed E-state index contributed by atoms with van der Waals surface area (Å²) in [7, 11) is 0. The van der Waals surface area contributed by atoms with E-state index in [1.54, 1.807) is 0 Å². The van der Waals surface area contributed by atoms with E-state index >= 15 is 0 Å². The second-order valence-corrected chi connectivity index (χ2v) is 8.92. The van der Waals surface area contributed by atoms with Crippen LogP contribution < -0.4 is 10.6 Å². The molecule has 0 saturated carbocycles. The van der Waals surface area contributed by atoms with Crippen LogP contribution in [-0.4, -0.2) is 11.8 Å².